The second kappa shape index (κ2) is 7.44. The van der Waals surface area contributed by atoms with Crippen LogP contribution in [0.4, 0.5) is 0 Å². The van der Waals surface area contributed by atoms with E-state index in [0.717, 1.165) is 18.9 Å². The summed E-state index contributed by atoms with van der Waals surface area (Å²) in [5.74, 6) is 0.661. The summed E-state index contributed by atoms with van der Waals surface area (Å²) >= 11 is 0. The molecule has 0 aliphatic heterocycles. The molecule has 20 heavy (non-hydrogen) atoms. The van der Waals surface area contributed by atoms with E-state index in [4.69, 9.17) is 5.11 Å². The zero-order valence-electron chi connectivity index (χ0n) is 12.2. The second-order valence-corrected chi connectivity index (χ2v) is 6.07. The van der Waals surface area contributed by atoms with Gasteiger partial charge in [0, 0.05) is 12.5 Å². The third kappa shape index (κ3) is 4.64. The van der Waals surface area contributed by atoms with E-state index < -0.39 is 5.97 Å². The SMILES string of the molecule is CC1CC(NCCCC(=O)O)CC(c2ccccc2)C1. The van der Waals surface area contributed by atoms with Crippen LogP contribution in [0.3, 0.4) is 0 Å². The van der Waals surface area contributed by atoms with E-state index in [1.807, 2.05) is 0 Å². The van der Waals surface area contributed by atoms with Crippen molar-refractivity contribution in [1.82, 2.24) is 5.32 Å². The predicted octanol–water partition coefficient (Wildman–Crippen LogP) is 3.41. The minimum absolute atomic E-state index is 0.261. The van der Waals surface area contributed by atoms with Gasteiger partial charge in [-0.05, 0) is 49.6 Å². The minimum Gasteiger partial charge on any atom is -0.481 e. The Hall–Kier alpha value is -1.35. The molecule has 0 amide bonds. The Morgan fingerprint density at radius 3 is 2.70 bits per heavy atom. The van der Waals surface area contributed by atoms with Gasteiger partial charge in [0.05, 0.1) is 0 Å². The van der Waals surface area contributed by atoms with Crippen LogP contribution in [0, 0.1) is 5.92 Å². The van der Waals surface area contributed by atoms with Crippen molar-refractivity contribution in [3.8, 4) is 0 Å². The number of carboxylic acid groups (broad SMARTS) is 1. The van der Waals surface area contributed by atoms with Crippen LogP contribution < -0.4 is 5.32 Å². The number of hydrogen-bond donors (Lipinski definition) is 2. The van der Waals surface area contributed by atoms with Gasteiger partial charge >= 0.3 is 5.97 Å². The van der Waals surface area contributed by atoms with E-state index in [2.05, 4.69) is 42.6 Å². The van der Waals surface area contributed by atoms with Gasteiger partial charge in [-0.1, -0.05) is 37.3 Å². The highest BCUT2D eigenvalue weighted by molar-refractivity contribution is 5.66. The summed E-state index contributed by atoms with van der Waals surface area (Å²) in [6, 6.07) is 11.3. The third-order valence-electron chi connectivity index (χ3n) is 4.21. The number of carboxylic acids is 1. The van der Waals surface area contributed by atoms with Gasteiger partial charge in [-0.2, -0.15) is 0 Å². The molecule has 3 nitrogen and oxygen atoms in total. The van der Waals surface area contributed by atoms with Crippen molar-refractivity contribution in [2.45, 2.75) is 51.0 Å². The Bertz CT molecular complexity index is 418. The Balaban J connectivity index is 1.83. The molecule has 3 unspecified atom stereocenters. The van der Waals surface area contributed by atoms with E-state index in [0.29, 0.717) is 12.0 Å². The summed E-state index contributed by atoms with van der Waals surface area (Å²) in [6.45, 7) is 3.13. The van der Waals surface area contributed by atoms with Gasteiger partial charge in [0.15, 0.2) is 0 Å². The first-order valence-electron chi connectivity index (χ1n) is 7.65. The van der Waals surface area contributed by atoms with Gasteiger partial charge in [-0.3, -0.25) is 4.79 Å². The van der Waals surface area contributed by atoms with Gasteiger partial charge in [0.25, 0.3) is 0 Å². The van der Waals surface area contributed by atoms with Gasteiger partial charge in [0.1, 0.15) is 0 Å². The van der Waals surface area contributed by atoms with E-state index >= 15 is 0 Å². The molecule has 0 spiro atoms. The van der Waals surface area contributed by atoms with E-state index in [1.54, 1.807) is 0 Å². The average Bonchev–Trinajstić information content (AvgIpc) is 2.44. The van der Waals surface area contributed by atoms with Gasteiger partial charge in [-0.15, -0.1) is 0 Å². The molecule has 2 N–H and O–H groups in total. The van der Waals surface area contributed by atoms with Crippen LogP contribution >= 0.6 is 0 Å². The van der Waals surface area contributed by atoms with Crippen LogP contribution in [0.25, 0.3) is 0 Å². The number of carbonyl (C=O) groups is 1. The highest BCUT2D eigenvalue weighted by atomic mass is 16.4. The lowest BCUT2D eigenvalue weighted by Gasteiger charge is -2.34. The standard InChI is InChI=1S/C17H25NO2/c1-13-10-15(14-6-3-2-4-7-14)12-16(11-13)18-9-5-8-17(19)20/h2-4,6-7,13,15-16,18H,5,8-12H2,1H3,(H,19,20). The van der Waals surface area contributed by atoms with Gasteiger partial charge < -0.3 is 10.4 Å². The number of rotatable bonds is 6. The van der Waals surface area contributed by atoms with Crippen molar-refractivity contribution in [2.75, 3.05) is 6.54 Å². The fraction of sp³-hybridized carbons (Fsp3) is 0.588. The zero-order chi connectivity index (χ0) is 14.4. The fourth-order valence-electron chi connectivity index (χ4n) is 3.31. The normalized spacial score (nSPS) is 26.4. The second-order valence-electron chi connectivity index (χ2n) is 6.07. The van der Waals surface area contributed by atoms with Crippen molar-refractivity contribution < 1.29 is 9.90 Å². The van der Waals surface area contributed by atoms with Crippen LogP contribution in [0.2, 0.25) is 0 Å². The van der Waals surface area contributed by atoms with Crippen LogP contribution in [0.1, 0.15) is 50.5 Å². The van der Waals surface area contributed by atoms with E-state index in [1.165, 1.54) is 24.8 Å². The molecule has 0 saturated heterocycles. The monoisotopic (exact) mass is 275 g/mol. The molecule has 1 aliphatic rings. The molecule has 0 radical (unpaired) electrons. The Labute approximate surface area is 121 Å². The largest absolute Gasteiger partial charge is 0.481 e. The minimum atomic E-state index is -0.703. The maximum absolute atomic E-state index is 10.5. The summed E-state index contributed by atoms with van der Waals surface area (Å²) in [6.07, 6.45) is 4.61. The van der Waals surface area contributed by atoms with Crippen molar-refractivity contribution in [2.24, 2.45) is 5.92 Å². The number of benzene rings is 1. The Morgan fingerprint density at radius 1 is 1.25 bits per heavy atom. The van der Waals surface area contributed by atoms with Crippen LogP contribution in [0.5, 0.6) is 0 Å². The average molecular weight is 275 g/mol. The molecule has 110 valence electrons. The first-order valence-corrected chi connectivity index (χ1v) is 7.65. The molecule has 0 bridgehead atoms. The molecule has 2 rings (SSSR count). The van der Waals surface area contributed by atoms with Crippen molar-refractivity contribution >= 4 is 5.97 Å². The topological polar surface area (TPSA) is 49.3 Å². The summed E-state index contributed by atoms with van der Waals surface area (Å²) in [7, 11) is 0. The van der Waals surface area contributed by atoms with Crippen LogP contribution in [0.15, 0.2) is 30.3 Å². The molecule has 1 saturated carbocycles. The van der Waals surface area contributed by atoms with Crippen LogP contribution in [-0.4, -0.2) is 23.7 Å². The molecular weight excluding hydrogens is 250 g/mol. The van der Waals surface area contributed by atoms with E-state index in [-0.39, 0.29) is 6.42 Å². The fourth-order valence-corrected chi connectivity index (χ4v) is 3.31. The smallest absolute Gasteiger partial charge is 0.303 e. The lowest BCUT2D eigenvalue weighted by atomic mass is 9.76. The summed E-state index contributed by atoms with van der Waals surface area (Å²) < 4.78 is 0. The molecule has 0 heterocycles. The molecule has 1 aliphatic carbocycles. The summed E-state index contributed by atoms with van der Waals surface area (Å²) in [5.41, 5.74) is 1.44. The number of aliphatic carboxylic acids is 1. The quantitative estimate of drug-likeness (QED) is 0.782. The number of hydrogen-bond acceptors (Lipinski definition) is 2. The molecule has 1 fully saturated rings. The molecule has 0 aromatic heterocycles. The Kier molecular flexibility index (Phi) is 5.60. The van der Waals surface area contributed by atoms with Crippen molar-refractivity contribution in [1.29, 1.82) is 0 Å². The predicted molar refractivity (Wildman–Crippen MR) is 80.9 cm³/mol. The highest BCUT2D eigenvalue weighted by Crippen LogP contribution is 2.36. The van der Waals surface area contributed by atoms with Crippen molar-refractivity contribution in [3.05, 3.63) is 35.9 Å². The van der Waals surface area contributed by atoms with Gasteiger partial charge in [0.2, 0.25) is 0 Å². The molecular formula is C17H25NO2. The van der Waals surface area contributed by atoms with Gasteiger partial charge in [-0.25, -0.2) is 0 Å². The van der Waals surface area contributed by atoms with Crippen LogP contribution in [-0.2, 0) is 4.79 Å². The molecule has 1 aromatic carbocycles. The first-order chi connectivity index (χ1) is 9.65. The number of nitrogens with one attached hydrogen (secondary N) is 1. The Morgan fingerprint density at radius 2 is 2.00 bits per heavy atom. The zero-order valence-corrected chi connectivity index (χ0v) is 12.2. The third-order valence-corrected chi connectivity index (χ3v) is 4.21. The highest BCUT2D eigenvalue weighted by Gasteiger charge is 2.26. The summed E-state index contributed by atoms with van der Waals surface area (Å²) in [4.78, 5) is 10.5. The lowest BCUT2D eigenvalue weighted by molar-refractivity contribution is -0.137. The molecule has 3 heteroatoms. The lowest BCUT2D eigenvalue weighted by Crippen LogP contribution is -2.37. The maximum Gasteiger partial charge on any atom is 0.303 e. The van der Waals surface area contributed by atoms with Crippen molar-refractivity contribution in [3.63, 3.8) is 0 Å². The molecule has 1 aromatic rings. The molecule has 3 atom stereocenters. The summed E-state index contributed by atoms with van der Waals surface area (Å²) in [5, 5.41) is 12.2. The first kappa shape index (κ1) is 15.0. The van der Waals surface area contributed by atoms with E-state index in [9.17, 15) is 4.79 Å². The maximum atomic E-state index is 10.5.